The number of benzene rings is 2. The van der Waals surface area contributed by atoms with Gasteiger partial charge in [-0.2, -0.15) is 0 Å². The second-order valence-corrected chi connectivity index (χ2v) is 7.91. The third-order valence-corrected chi connectivity index (χ3v) is 5.98. The Morgan fingerprint density at radius 3 is 2.56 bits per heavy atom. The molecule has 2 aromatic heterocycles. The van der Waals surface area contributed by atoms with Crippen molar-refractivity contribution in [2.45, 2.75) is 23.4 Å². The van der Waals surface area contributed by atoms with Gasteiger partial charge in [-0.1, -0.05) is 72.5 Å². The van der Waals surface area contributed by atoms with E-state index in [9.17, 15) is 0 Å². The second kappa shape index (κ2) is 7.37. The molecule has 25 heavy (non-hydrogen) atoms. The maximum atomic E-state index is 4.89. The van der Waals surface area contributed by atoms with Crippen molar-refractivity contribution in [2.24, 2.45) is 0 Å². The number of rotatable bonds is 6. The lowest BCUT2D eigenvalue weighted by Gasteiger charge is -2.08. The van der Waals surface area contributed by atoms with Crippen LogP contribution in [0.3, 0.4) is 0 Å². The van der Waals surface area contributed by atoms with E-state index in [1.54, 1.807) is 23.1 Å². The van der Waals surface area contributed by atoms with Crippen molar-refractivity contribution < 1.29 is 0 Å². The first-order chi connectivity index (χ1) is 12.3. The molecule has 4 rings (SSSR count). The van der Waals surface area contributed by atoms with Gasteiger partial charge in [0.2, 0.25) is 5.13 Å². The molecule has 0 aliphatic heterocycles. The Balaban J connectivity index is 1.63. The number of thioether (sulfide) groups is 1. The van der Waals surface area contributed by atoms with Gasteiger partial charge in [-0.15, -0.1) is 10.2 Å². The van der Waals surface area contributed by atoms with Crippen LogP contribution in [0.4, 0.5) is 5.13 Å². The first-order valence-electron chi connectivity index (χ1n) is 8.31. The molecule has 0 spiro atoms. The number of para-hydroxylation sites is 1. The highest BCUT2D eigenvalue weighted by Crippen LogP contribution is 2.32. The van der Waals surface area contributed by atoms with E-state index in [-0.39, 0.29) is 0 Å². The molecule has 0 fully saturated rings. The van der Waals surface area contributed by atoms with Crippen LogP contribution in [-0.2, 0) is 5.75 Å². The molecular formula is C19H18N4S2. The molecule has 0 aliphatic carbocycles. The van der Waals surface area contributed by atoms with Crippen LogP contribution in [0.1, 0.15) is 19.0 Å². The molecule has 0 aliphatic rings. The number of pyridine rings is 1. The van der Waals surface area contributed by atoms with Crippen LogP contribution in [0.25, 0.3) is 21.7 Å². The summed E-state index contributed by atoms with van der Waals surface area (Å²) in [4.78, 5) is 4.89. The molecule has 0 saturated carbocycles. The fraction of sp³-hybridized carbons (Fsp3) is 0.211. The van der Waals surface area contributed by atoms with Crippen LogP contribution >= 0.6 is 23.1 Å². The van der Waals surface area contributed by atoms with E-state index >= 15 is 0 Å². The highest BCUT2D eigenvalue weighted by atomic mass is 32.2. The van der Waals surface area contributed by atoms with Gasteiger partial charge in [0, 0.05) is 23.1 Å². The molecule has 6 heteroatoms. The van der Waals surface area contributed by atoms with E-state index in [1.807, 2.05) is 6.07 Å². The summed E-state index contributed by atoms with van der Waals surface area (Å²) in [5, 5.41) is 16.3. The van der Waals surface area contributed by atoms with Crippen LogP contribution in [0.2, 0.25) is 0 Å². The predicted octanol–water partition coefficient (Wildman–Crippen LogP) is 5.35. The smallest absolute Gasteiger partial charge is 0.206 e. The zero-order valence-electron chi connectivity index (χ0n) is 13.9. The van der Waals surface area contributed by atoms with Crippen LogP contribution in [0.5, 0.6) is 0 Å². The standard InChI is InChI=1S/C19H18N4S2/c1-2-11-20-18-22-23-19(25-18)24-12-17-15-9-4-3-7-13(15)14-8-5-6-10-16(14)21-17/h3-10H,2,11-12H2,1H3,(H,20,22). The Kier molecular flexibility index (Phi) is 4.81. The minimum Gasteiger partial charge on any atom is -0.360 e. The van der Waals surface area contributed by atoms with Gasteiger partial charge < -0.3 is 5.32 Å². The van der Waals surface area contributed by atoms with E-state index in [1.165, 1.54) is 16.2 Å². The molecule has 126 valence electrons. The van der Waals surface area contributed by atoms with Gasteiger partial charge in [0.15, 0.2) is 4.34 Å². The van der Waals surface area contributed by atoms with Crippen molar-refractivity contribution >= 4 is 49.9 Å². The Labute approximate surface area is 154 Å². The van der Waals surface area contributed by atoms with Crippen molar-refractivity contribution in [3.63, 3.8) is 0 Å². The highest BCUT2D eigenvalue weighted by Gasteiger charge is 2.10. The van der Waals surface area contributed by atoms with E-state index < -0.39 is 0 Å². The van der Waals surface area contributed by atoms with Gasteiger partial charge in [-0.3, -0.25) is 4.98 Å². The Morgan fingerprint density at radius 1 is 0.960 bits per heavy atom. The van der Waals surface area contributed by atoms with Gasteiger partial charge in [-0.05, 0) is 17.9 Å². The number of hydrogen-bond acceptors (Lipinski definition) is 6. The second-order valence-electron chi connectivity index (χ2n) is 5.71. The molecule has 0 unspecified atom stereocenters. The number of anilines is 1. The van der Waals surface area contributed by atoms with Crippen LogP contribution in [0.15, 0.2) is 52.9 Å². The molecule has 2 heterocycles. The van der Waals surface area contributed by atoms with Crippen molar-refractivity contribution in [3.8, 4) is 0 Å². The number of aromatic nitrogens is 3. The Bertz CT molecular complexity index is 1010. The molecule has 0 atom stereocenters. The lowest BCUT2D eigenvalue weighted by Crippen LogP contribution is -1.98. The first kappa shape index (κ1) is 16.3. The molecule has 4 nitrogen and oxygen atoms in total. The molecule has 1 N–H and O–H groups in total. The minimum atomic E-state index is 0.785. The van der Waals surface area contributed by atoms with Gasteiger partial charge in [0.05, 0.1) is 11.2 Å². The van der Waals surface area contributed by atoms with Gasteiger partial charge >= 0.3 is 0 Å². The number of hydrogen-bond donors (Lipinski definition) is 1. The van der Waals surface area contributed by atoms with E-state index in [0.29, 0.717) is 0 Å². The maximum absolute atomic E-state index is 4.89. The van der Waals surface area contributed by atoms with E-state index in [4.69, 9.17) is 4.98 Å². The predicted molar refractivity (Wildman–Crippen MR) is 107 cm³/mol. The topological polar surface area (TPSA) is 50.7 Å². The maximum Gasteiger partial charge on any atom is 0.206 e. The molecule has 0 bridgehead atoms. The number of fused-ring (bicyclic) bond motifs is 3. The zero-order valence-corrected chi connectivity index (χ0v) is 15.5. The minimum absolute atomic E-state index is 0.785. The number of nitrogens with one attached hydrogen (secondary N) is 1. The van der Waals surface area contributed by atoms with Gasteiger partial charge in [0.1, 0.15) is 0 Å². The van der Waals surface area contributed by atoms with Crippen molar-refractivity contribution in [1.82, 2.24) is 15.2 Å². The van der Waals surface area contributed by atoms with E-state index in [0.717, 1.165) is 39.4 Å². The molecule has 0 radical (unpaired) electrons. The van der Waals surface area contributed by atoms with Crippen molar-refractivity contribution in [3.05, 3.63) is 54.2 Å². The summed E-state index contributed by atoms with van der Waals surface area (Å²) in [6.45, 7) is 3.07. The third kappa shape index (κ3) is 3.45. The first-order valence-corrected chi connectivity index (χ1v) is 10.1. The molecule has 0 amide bonds. The van der Waals surface area contributed by atoms with Crippen molar-refractivity contribution in [1.29, 1.82) is 0 Å². The summed E-state index contributed by atoms with van der Waals surface area (Å²) in [5.74, 6) is 0.785. The summed E-state index contributed by atoms with van der Waals surface area (Å²) >= 11 is 3.30. The summed E-state index contributed by atoms with van der Waals surface area (Å²) < 4.78 is 0.970. The summed E-state index contributed by atoms with van der Waals surface area (Å²) in [6, 6.07) is 16.8. The summed E-state index contributed by atoms with van der Waals surface area (Å²) in [6.07, 6.45) is 1.08. The summed E-state index contributed by atoms with van der Waals surface area (Å²) in [5.41, 5.74) is 2.14. The van der Waals surface area contributed by atoms with Gasteiger partial charge in [0.25, 0.3) is 0 Å². The summed E-state index contributed by atoms with van der Waals surface area (Å²) in [7, 11) is 0. The SMILES string of the molecule is CCCNc1nnc(SCc2nc3ccccc3c3ccccc23)s1. The zero-order chi connectivity index (χ0) is 17.1. The molecule has 2 aromatic carbocycles. The Morgan fingerprint density at radius 2 is 1.72 bits per heavy atom. The van der Waals surface area contributed by atoms with Gasteiger partial charge in [-0.25, -0.2) is 0 Å². The normalized spacial score (nSPS) is 11.2. The lowest BCUT2D eigenvalue weighted by molar-refractivity contribution is 0.951. The lowest BCUT2D eigenvalue weighted by atomic mass is 10.0. The molecule has 0 saturated heterocycles. The van der Waals surface area contributed by atoms with Crippen molar-refractivity contribution in [2.75, 3.05) is 11.9 Å². The van der Waals surface area contributed by atoms with Crippen LogP contribution in [0, 0.1) is 0 Å². The third-order valence-electron chi connectivity index (χ3n) is 3.95. The van der Waals surface area contributed by atoms with E-state index in [2.05, 4.69) is 64.9 Å². The monoisotopic (exact) mass is 366 g/mol. The van der Waals surface area contributed by atoms with Crippen LogP contribution in [-0.4, -0.2) is 21.7 Å². The van der Waals surface area contributed by atoms with Crippen LogP contribution < -0.4 is 5.32 Å². The Hall–Kier alpha value is -2.18. The fourth-order valence-electron chi connectivity index (χ4n) is 2.79. The molecule has 4 aromatic rings. The molecular weight excluding hydrogens is 348 g/mol. The largest absolute Gasteiger partial charge is 0.360 e. The average Bonchev–Trinajstić information content (AvgIpc) is 3.12. The average molecular weight is 367 g/mol. The highest BCUT2D eigenvalue weighted by molar-refractivity contribution is 8.00. The fourth-order valence-corrected chi connectivity index (χ4v) is 4.52. The quantitative estimate of drug-likeness (QED) is 0.368. The number of nitrogens with zero attached hydrogens (tertiary/aromatic N) is 3.